The van der Waals surface area contributed by atoms with Crippen LogP contribution in [0.5, 0.6) is 17.2 Å². The van der Waals surface area contributed by atoms with Crippen molar-refractivity contribution in [2.45, 2.75) is 6.42 Å². The van der Waals surface area contributed by atoms with E-state index < -0.39 is 0 Å². The monoisotopic (exact) mass is 433 g/mol. The van der Waals surface area contributed by atoms with Crippen molar-refractivity contribution in [3.05, 3.63) is 49.9 Å². The lowest BCUT2D eigenvalue weighted by atomic mass is 10.1. The molecule has 0 atom stereocenters. The highest BCUT2D eigenvalue weighted by molar-refractivity contribution is 9.11. The summed E-state index contributed by atoms with van der Waals surface area (Å²) in [6.07, 6.45) is 0.699. The molecule has 2 N–H and O–H groups in total. The fourth-order valence-corrected chi connectivity index (χ4v) is 2.94. The van der Waals surface area contributed by atoms with Crippen molar-refractivity contribution in [3.63, 3.8) is 0 Å². The lowest BCUT2D eigenvalue weighted by Crippen LogP contribution is -2.04. The highest BCUT2D eigenvalue weighted by Crippen LogP contribution is 2.39. The van der Waals surface area contributed by atoms with Crippen molar-refractivity contribution in [1.82, 2.24) is 0 Å². The van der Waals surface area contributed by atoms with Crippen LogP contribution in [0.25, 0.3) is 0 Å². The molecule has 2 aromatic rings. The highest BCUT2D eigenvalue weighted by Gasteiger charge is 2.11. The molecule has 0 aliphatic heterocycles. The predicted octanol–water partition coefficient (Wildman–Crippen LogP) is 5.17. The van der Waals surface area contributed by atoms with Crippen molar-refractivity contribution in [2.24, 2.45) is 5.73 Å². The number of nitrogens with two attached hydrogens (primary N) is 1. The quantitative estimate of drug-likeness (QED) is 0.705. The summed E-state index contributed by atoms with van der Waals surface area (Å²) in [7, 11) is 1.62. The normalized spacial score (nSPS) is 10.5. The summed E-state index contributed by atoms with van der Waals surface area (Å²) in [6.45, 7) is 0.532. The molecule has 6 heteroatoms. The van der Waals surface area contributed by atoms with E-state index in [2.05, 4.69) is 31.9 Å². The Labute approximate surface area is 145 Å². The Balaban J connectivity index is 2.36. The molecule has 0 aliphatic rings. The molecule has 21 heavy (non-hydrogen) atoms. The number of methoxy groups -OCH3 is 1. The number of halogens is 3. The summed E-state index contributed by atoms with van der Waals surface area (Å²) in [6, 6.07) is 9.21. The summed E-state index contributed by atoms with van der Waals surface area (Å²) in [5.74, 6) is 2.15. The minimum absolute atomic E-state index is 0.532. The second-order valence-electron chi connectivity index (χ2n) is 4.31. The van der Waals surface area contributed by atoms with Gasteiger partial charge >= 0.3 is 0 Å². The number of ether oxygens (including phenoxy) is 2. The van der Waals surface area contributed by atoms with Crippen molar-refractivity contribution in [3.8, 4) is 17.2 Å². The van der Waals surface area contributed by atoms with E-state index in [1.54, 1.807) is 13.2 Å². The smallest absolute Gasteiger partial charge is 0.143 e. The molecular formula is C15H14Br2ClNO2. The Bertz CT molecular complexity index is 650. The fraction of sp³-hybridized carbons (Fsp3) is 0.200. The van der Waals surface area contributed by atoms with Gasteiger partial charge in [-0.15, -0.1) is 0 Å². The van der Waals surface area contributed by atoms with E-state index in [1.807, 2.05) is 24.3 Å². The van der Waals surface area contributed by atoms with Crippen LogP contribution in [0.2, 0.25) is 5.02 Å². The van der Waals surface area contributed by atoms with E-state index in [0.29, 0.717) is 23.7 Å². The second-order valence-corrected chi connectivity index (χ2v) is 6.46. The largest absolute Gasteiger partial charge is 0.496 e. The summed E-state index contributed by atoms with van der Waals surface area (Å²) in [4.78, 5) is 0. The topological polar surface area (TPSA) is 44.5 Å². The van der Waals surface area contributed by atoms with Gasteiger partial charge in [-0.1, -0.05) is 11.6 Å². The molecule has 0 heterocycles. The van der Waals surface area contributed by atoms with Gasteiger partial charge in [0.05, 0.1) is 16.1 Å². The first-order valence-electron chi connectivity index (χ1n) is 6.24. The Morgan fingerprint density at radius 2 is 1.71 bits per heavy atom. The minimum atomic E-state index is 0.532. The van der Waals surface area contributed by atoms with Crippen LogP contribution in [0.4, 0.5) is 0 Å². The number of rotatable bonds is 5. The van der Waals surface area contributed by atoms with Crippen LogP contribution in [0.1, 0.15) is 5.56 Å². The molecule has 0 unspecified atom stereocenters. The van der Waals surface area contributed by atoms with Crippen molar-refractivity contribution >= 4 is 43.5 Å². The predicted molar refractivity (Wildman–Crippen MR) is 92.7 cm³/mol. The first kappa shape index (κ1) is 16.6. The van der Waals surface area contributed by atoms with Gasteiger partial charge in [0.1, 0.15) is 17.2 Å². The van der Waals surface area contributed by atoms with Crippen LogP contribution in [-0.4, -0.2) is 13.7 Å². The van der Waals surface area contributed by atoms with E-state index in [-0.39, 0.29) is 0 Å². The molecule has 0 fully saturated rings. The average Bonchev–Trinajstić information content (AvgIpc) is 2.45. The molecule has 0 spiro atoms. The molecule has 0 aliphatic carbocycles. The van der Waals surface area contributed by atoms with Crippen molar-refractivity contribution < 1.29 is 9.47 Å². The Morgan fingerprint density at radius 3 is 2.38 bits per heavy atom. The Hall–Kier alpha value is -0.750. The summed E-state index contributed by atoms with van der Waals surface area (Å²) >= 11 is 13.0. The van der Waals surface area contributed by atoms with Gasteiger partial charge in [0.15, 0.2) is 0 Å². The molecule has 112 valence electrons. The first-order chi connectivity index (χ1) is 10.0. The SMILES string of the molecule is COc1cc(Br)c(Oc2ccc(Cl)cc2CCN)cc1Br. The lowest BCUT2D eigenvalue weighted by Gasteiger charge is -2.14. The summed E-state index contributed by atoms with van der Waals surface area (Å²) in [5, 5.41) is 0.667. The molecule has 0 radical (unpaired) electrons. The van der Waals surface area contributed by atoms with Crippen LogP contribution in [0.3, 0.4) is 0 Å². The second kappa shape index (κ2) is 7.49. The van der Waals surface area contributed by atoms with E-state index in [0.717, 1.165) is 26.0 Å². The third-order valence-corrected chi connectivity index (χ3v) is 4.34. The molecule has 3 nitrogen and oxygen atoms in total. The fourth-order valence-electron chi connectivity index (χ4n) is 1.86. The molecule has 2 rings (SSSR count). The first-order valence-corrected chi connectivity index (χ1v) is 8.21. The Kier molecular flexibility index (Phi) is 5.93. The standard InChI is InChI=1S/C15H14Br2ClNO2/c1-20-14-7-12(17)15(8-11(14)16)21-13-3-2-10(18)6-9(13)4-5-19/h2-3,6-8H,4-5,19H2,1H3. The number of benzene rings is 2. The van der Waals surface area contributed by atoms with Crippen LogP contribution >= 0.6 is 43.5 Å². The van der Waals surface area contributed by atoms with E-state index in [4.69, 9.17) is 26.8 Å². The van der Waals surface area contributed by atoms with Crippen LogP contribution in [0, 0.1) is 0 Å². The molecule has 0 bridgehead atoms. The van der Waals surface area contributed by atoms with Crippen LogP contribution < -0.4 is 15.2 Å². The zero-order valence-electron chi connectivity index (χ0n) is 11.3. The van der Waals surface area contributed by atoms with E-state index in [1.165, 1.54) is 0 Å². The zero-order chi connectivity index (χ0) is 15.4. The van der Waals surface area contributed by atoms with Gasteiger partial charge in [-0.05, 0) is 80.7 Å². The molecule has 2 aromatic carbocycles. The zero-order valence-corrected chi connectivity index (χ0v) is 15.3. The lowest BCUT2D eigenvalue weighted by molar-refractivity contribution is 0.409. The van der Waals surface area contributed by atoms with Crippen LogP contribution in [0.15, 0.2) is 39.3 Å². The van der Waals surface area contributed by atoms with Gasteiger partial charge in [-0.3, -0.25) is 0 Å². The minimum Gasteiger partial charge on any atom is -0.496 e. The highest BCUT2D eigenvalue weighted by atomic mass is 79.9. The van der Waals surface area contributed by atoms with E-state index in [9.17, 15) is 0 Å². The number of hydrogen-bond donors (Lipinski definition) is 1. The van der Waals surface area contributed by atoms with Crippen LogP contribution in [-0.2, 0) is 6.42 Å². The Morgan fingerprint density at radius 1 is 1.05 bits per heavy atom. The van der Waals surface area contributed by atoms with Gasteiger partial charge in [0.2, 0.25) is 0 Å². The third-order valence-electron chi connectivity index (χ3n) is 2.86. The van der Waals surface area contributed by atoms with Gasteiger partial charge in [-0.2, -0.15) is 0 Å². The van der Waals surface area contributed by atoms with Gasteiger partial charge in [0, 0.05) is 5.02 Å². The molecule has 0 aromatic heterocycles. The molecular weight excluding hydrogens is 421 g/mol. The maximum atomic E-state index is 6.02. The van der Waals surface area contributed by atoms with Gasteiger partial charge in [0.25, 0.3) is 0 Å². The van der Waals surface area contributed by atoms with Gasteiger partial charge in [-0.25, -0.2) is 0 Å². The maximum absolute atomic E-state index is 6.02. The molecule has 0 saturated heterocycles. The van der Waals surface area contributed by atoms with E-state index >= 15 is 0 Å². The number of hydrogen-bond acceptors (Lipinski definition) is 3. The maximum Gasteiger partial charge on any atom is 0.143 e. The molecule has 0 saturated carbocycles. The summed E-state index contributed by atoms with van der Waals surface area (Å²) < 4.78 is 12.8. The third kappa shape index (κ3) is 4.13. The average molecular weight is 436 g/mol. The van der Waals surface area contributed by atoms with Crippen molar-refractivity contribution in [1.29, 1.82) is 0 Å². The molecule has 0 amide bonds. The summed E-state index contributed by atoms with van der Waals surface area (Å²) in [5.41, 5.74) is 6.61. The van der Waals surface area contributed by atoms with Crippen molar-refractivity contribution in [2.75, 3.05) is 13.7 Å². The van der Waals surface area contributed by atoms with Gasteiger partial charge < -0.3 is 15.2 Å².